The highest BCUT2D eigenvalue weighted by molar-refractivity contribution is 5.62. The van der Waals surface area contributed by atoms with E-state index in [4.69, 9.17) is 5.26 Å². The highest BCUT2D eigenvalue weighted by Gasteiger charge is 2.25. The molecule has 1 aliphatic heterocycles. The van der Waals surface area contributed by atoms with Crippen molar-refractivity contribution in [1.29, 1.82) is 5.26 Å². The second kappa shape index (κ2) is 10.1. The quantitative estimate of drug-likeness (QED) is 0.592. The molecule has 3 aromatic rings. The molecular weight excluding hydrogens is 429 g/mol. The zero-order valence-corrected chi connectivity index (χ0v) is 19.1. The van der Waals surface area contributed by atoms with Crippen molar-refractivity contribution in [1.82, 2.24) is 19.9 Å². The SMILES string of the molecule is N#Cc1cc(-c2ncnc(Nc3ccc(N4CCN(C5CCCCC5)CC4)cc3)n2)ccc1F. The Labute approximate surface area is 199 Å². The number of hydrogen-bond donors (Lipinski definition) is 1. The molecule has 7 nitrogen and oxygen atoms in total. The molecule has 34 heavy (non-hydrogen) atoms. The van der Waals surface area contributed by atoms with Gasteiger partial charge in [0.15, 0.2) is 5.82 Å². The first-order valence-electron chi connectivity index (χ1n) is 11.9. The Bertz CT molecular complexity index is 1160. The molecule has 0 unspecified atom stereocenters. The lowest BCUT2D eigenvalue weighted by Crippen LogP contribution is -2.50. The number of anilines is 3. The van der Waals surface area contributed by atoms with E-state index < -0.39 is 5.82 Å². The molecule has 0 amide bonds. The number of hydrogen-bond acceptors (Lipinski definition) is 7. The molecule has 1 saturated carbocycles. The molecule has 0 atom stereocenters. The molecule has 1 aromatic heterocycles. The summed E-state index contributed by atoms with van der Waals surface area (Å²) in [6, 6.07) is 15.2. The van der Waals surface area contributed by atoms with Crippen molar-refractivity contribution in [3.05, 3.63) is 60.2 Å². The summed E-state index contributed by atoms with van der Waals surface area (Å²) in [6.45, 7) is 4.38. The summed E-state index contributed by atoms with van der Waals surface area (Å²) in [7, 11) is 0. The van der Waals surface area contributed by atoms with Gasteiger partial charge in [0, 0.05) is 49.2 Å². The number of aromatic nitrogens is 3. The minimum absolute atomic E-state index is 0.0393. The molecule has 2 heterocycles. The topological polar surface area (TPSA) is 81.0 Å². The van der Waals surface area contributed by atoms with Crippen molar-refractivity contribution < 1.29 is 4.39 Å². The first kappa shape index (κ1) is 22.2. The summed E-state index contributed by atoms with van der Waals surface area (Å²) >= 11 is 0. The van der Waals surface area contributed by atoms with Gasteiger partial charge in [0.25, 0.3) is 0 Å². The number of nitrogens with zero attached hydrogens (tertiary/aromatic N) is 6. The average Bonchev–Trinajstić information content (AvgIpc) is 2.90. The van der Waals surface area contributed by atoms with Gasteiger partial charge >= 0.3 is 0 Å². The van der Waals surface area contributed by atoms with Crippen LogP contribution in [0, 0.1) is 17.1 Å². The zero-order chi connectivity index (χ0) is 23.3. The Hall–Kier alpha value is -3.57. The molecule has 8 heteroatoms. The Balaban J connectivity index is 1.21. The van der Waals surface area contributed by atoms with Crippen LogP contribution in [0.4, 0.5) is 21.7 Å². The predicted octanol–water partition coefficient (Wildman–Crippen LogP) is 4.75. The van der Waals surface area contributed by atoms with Gasteiger partial charge < -0.3 is 10.2 Å². The van der Waals surface area contributed by atoms with E-state index in [0.717, 1.165) is 37.9 Å². The molecule has 0 spiro atoms. The Kier molecular flexibility index (Phi) is 6.63. The molecule has 0 bridgehead atoms. The minimum Gasteiger partial charge on any atom is -0.369 e. The number of nitrogens with one attached hydrogen (secondary N) is 1. The van der Waals surface area contributed by atoms with Gasteiger partial charge in [0.05, 0.1) is 5.56 Å². The van der Waals surface area contributed by atoms with Gasteiger partial charge in [-0.3, -0.25) is 4.90 Å². The van der Waals surface area contributed by atoms with E-state index in [1.807, 2.05) is 18.2 Å². The molecule has 174 valence electrons. The molecule has 1 aliphatic carbocycles. The molecule has 0 radical (unpaired) electrons. The summed E-state index contributed by atoms with van der Waals surface area (Å²) in [5.74, 6) is 0.206. The molecule has 5 rings (SSSR count). The van der Waals surface area contributed by atoms with Crippen LogP contribution in [-0.2, 0) is 0 Å². The smallest absolute Gasteiger partial charge is 0.230 e. The lowest BCUT2D eigenvalue weighted by molar-refractivity contribution is 0.148. The fourth-order valence-corrected chi connectivity index (χ4v) is 4.92. The summed E-state index contributed by atoms with van der Waals surface area (Å²) in [4.78, 5) is 17.9. The third-order valence-electron chi connectivity index (χ3n) is 6.81. The monoisotopic (exact) mass is 457 g/mol. The van der Waals surface area contributed by atoms with E-state index >= 15 is 0 Å². The van der Waals surface area contributed by atoms with Gasteiger partial charge in [-0.1, -0.05) is 19.3 Å². The molecule has 2 fully saturated rings. The van der Waals surface area contributed by atoms with E-state index in [0.29, 0.717) is 17.3 Å². The summed E-state index contributed by atoms with van der Waals surface area (Å²) in [5, 5.41) is 12.3. The fraction of sp³-hybridized carbons (Fsp3) is 0.385. The van der Waals surface area contributed by atoms with Crippen molar-refractivity contribution in [2.45, 2.75) is 38.1 Å². The van der Waals surface area contributed by atoms with Crippen LogP contribution in [0.2, 0.25) is 0 Å². The van der Waals surface area contributed by atoms with Gasteiger partial charge in [-0.05, 0) is 55.3 Å². The molecule has 1 N–H and O–H groups in total. The van der Waals surface area contributed by atoms with E-state index in [1.165, 1.54) is 56.3 Å². The maximum Gasteiger partial charge on any atom is 0.230 e. The number of halogens is 1. The Morgan fingerprint density at radius 2 is 1.71 bits per heavy atom. The maximum atomic E-state index is 13.6. The van der Waals surface area contributed by atoms with Gasteiger partial charge in [-0.2, -0.15) is 10.2 Å². The zero-order valence-electron chi connectivity index (χ0n) is 19.1. The van der Waals surface area contributed by atoms with Crippen LogP contribution in [0.3, 0.4) is 0 Å². The fourth-order valence-electron chi connectivity index (χ4n) is 4.92. The lowest BCUT2D eigenvalue weighted by Gasteiger charge is -2.41. The first-order chi connectivity index (χ1) is 16.7. The van der Waals surface area contributed by atoms with E-state index in [9.17, 15) is 4.39 Å². The first-order valence-corrected chi connectivity index (χ1v) is 11.9. The number of rotatable bonds is 5. The van der Waals surface area contributed by atoms with Crippen molar-refractivity contribution in [2.24, 2.45) is 0 Å². The summed E-state index contributed by atoms with van der Waals surface area (Å²) in [6.07, 6.45) is 8.29. The third kappa shape index (κ3) is 5.00. The average molecular weight is 458 g/mol. The minimum atomic E-state index is -0.561. The second-order valence-electron chi connectivity index (χ2n) is 8.93. The standard InChI is InChI=1S/C26H28FN7/c27-24-11-6-19(16-20(24)17-28)25-29-18-30-26(32-25)31-21-7-9-23(10-8-21)34-14-12-33(13-15-34)22-4-2-1-3-5-22/h6-11,16,18,22H,1-5,12-15H2,(H,29,30,31,32). The van der Waals surface area contributed by atoms with Crippen molar-refractivity contribution in [2.75, 3.05) is 36.4 Å². The van der Waals surface area contributed by atoms with Crippen molar-refractivity contribution in [3.63, 3.8) is 0 Å². The lowest BCUT2D eigenvalue weighted by atomic mass is 9.94. The second-order valence-corrected chi connectivity index (χ2v) is 8.93. The van der Waals surface area contributed by atoms with E-state index in [2.05, 4.69) is 42.2 Å². The highest BCUT2D eigenvalue weighted by atomic mass is 19.1. The van der Waals surface area contributed by atoms with Gasteiger partial charge in [-0.15, -0.1) is 0 Å². The van der Waals surface area contributed by atoms with Crippen molar-refractivity contribution >= 4 is 17.3 Å². The van der Waals surface area contributed by atoms with Crippen LogP contribution in [0.15, 0.2) is 48.8 Å². The molecule has 2 aliphatic rings. The van der Waals surface area contributed by atoms with Crippen LogP contribution in [0.5, 0.6) is 0 Å². The maximum absolute atomic E-state index is 13.6. The van der Waals surface area contributed by atoms with Crippen LogP contribution in [0.25, 0.3) is 11.4 Å². The summed E-state index contributed by atoms with van der Waals surface area (Å²) in [5.41, 5.74) is 2.62. The van der Waals surface area contributed by atoms with E-state index in [-0.39, 0.29) is 5.56 Å². The number of benzene rings is 2. The normalized spacial score (nSPS) is 17.4. The Morgan fingerprint density at radius 3 is 2.44 bits per heavy atom. The largest absolute Gasteiger partial charge is 0.369 e. The van der Waals surface area contributed by atoms with Gasteiger partial charge in [-0.25, -0.2) is 14.4 Å². The number of piperazine rings is 1. The van der Waals surface area contributed by atoms with Gasteiger partial charge in [0.1, 0.15) is 18.2 Å². The van der Waals surface area contributed by atoms with Crippen LogP contribution in [-0.4, -0.2) is 52.1 Å². The number of nitriles is 1. The van der Waals surface area contributed by atoms with E-state index in [1.54, 1.807) is 6.07 Å². The third-order valence-corrected chi connectivity index (χ3v) is 6.81. The Morgan fingerprint density at radius 1 is 0.941 bits per heavy atom. The van der Waals surface area contributed by atoms with Gasteiger partial charge in [0.2, 0.25) is 5.95 Å². The summed E-state index contributed by atoms with van der Waals surface area (Å²) < 4.78 is 13.6. The van der Waals surface area contributed by atoms with Crippen LogP contribution >= 0.6 is 0 Å². The molecule has 1 saturated heterocycles. The predicted molar refractivity (Wildman–Crippen MR) is 130 cm³/mol. The van der Waals surface area contributed by atoms with Crippen molar-refractivity contribution in [3.8, 4) is 17.5 Å². The van der Waals surface area contributed by atoms with Crippen LogP contribution in [0.1, 0.15) is 37.7 Å². The molecular formula is C26H28FN7. The highest BCUT2D eigenvalue weighted by Crippen LogP contribution is 2.26. The molecule has 2 aromatic carbocycles. The van der Waals surface area contributed by atoms with Crippen LogP contribution < -0.4 is 10.2 Å².